The standard InChI is InChI=1S/C10H10FN5O2/c11-8-4-2-1-3-7(8)9(5-18-10(12)17)16-14-6-13-15-16/h1-4,6,9H,5H2,(H2,12,17). The third-order valence-electron chi connectivity index (χ3n) is 2.29. The molecule has 18 heavy (non-hydrogen) atoms. The molecule has 0 fully saturated rings. The average molecular weight is 251 g/mol. The molecule has 94 valence electrons. The van der Waals surface area contributed by atoms with Crippen LogP contribution in [0.25, 0.3) is 0 Å². The summed E-state index contributed by atoms with van der Waals surface area (Å²) in [7, 11) is 0. The van der Waals surface area contributed by atoms with Crippen LogP contribution in [0.2, 0.25) is 0 Å². The van der Waals surface area contributed by atoms with Gasteiger partial charge in [-0.15, -0.1) is 10.2 Å². The van der Waals surface area contributed by atoms with Crippen molar-refractivity contribution in [2.24, 2.45) is 5.73 Å². The predicted molar refractivity (Wildman–Crippen MR) is 57.9 cm³/mol. The lowest BCUT2D eigenvalue weighted by Gasteiger charge is -2.15. The van der Waals surface area contributed by atoms with E-state index in [1.54, 1.807) is 18.2 Å². The SMILES string of the molecule is NC(=O)OCC(c1ccccc1F)n1ncnn1. The van der Waals surface area contributed by atoms with E-state index in [1.807, 2.05) is 0 Å². The van der Waals surface area contributed by atoms with E-state index in [1.165, 1.54) is 12.4 Å². The Labute approximate surface area is 101 Å². The normalized spacial score (nSPS) is 12.1. The molecule has 0 saturated carbocycles. The quantitative estimate of drug-likeness (QED) is 0.853. The number of rotatable bonds is 4. The van der Waals surface area contributed by atoms with Crippen molar-refractivity contribution in [3.05, 3.63) is 42.0 Å². The maximum Gasteiger partial charge on any atom is 0.404 e. The van der Waals surface area contributed by atoms with Crippen LogP contribution in [0, 0.1) is 5.82 Å². The van der Waals surface area contributed by atoms with Gasteiger partial charge >= 0.3 is 6.09 Å². The zero-order valence-electron chi connectivity index (χ0n) is 9.23. The summed E-state index contributed by atoms with van der Waals surface area (Å²) in [6, 6.07) is 5.35. The molecule has 1 aromatic heterocycles. The van der Waals surface area contributed by atoms with E-state index in [0.717, 1.165) is 4.80 Å². The Morgan fingerprint density at radius 3 is 2.89 bits per heavy atom. The Kier molecular flexibility index (Phi) is 3.46. The monoisotopic (exact) mass is 251 g/mol. The highest BCUT2D eigenvalue weighted by molar-refractivity contribution is 5.64. The van der Waals surface area contributed by atoms with Crippen molar-refractivity contribution >= 4 is 6.09 Å². The number of tetrazole rings is 1. The van der Waals surface area contributed by atoms with Gasteiger partial charge in [-0.1, -0.05) is 18.2 Å². The number of hydrogen-bond donors (Lipinski definition) is 1. The summed E-state index contributed by atoms with van der Waals surface area (Å²) in [5.74, 6) is -0.451. The number of benzene rings is 1. The minimum Gasteiger partial charge on any atom is -0.447 e. The molecule has 1 atom stereocenters. The van der Waals surface area contributed by atoms with Gasteiger partial charge in [0.05, 0.1) is 0 Å². The molecule has 0 aliphatic rings. The van der Waals surface area contributed by atoms with E-state index >= 15 is 0 Å². The van der Waals surface area contributed by atoms with Crippen molar-refractivity contribution in [3.8, 4) is 0 Å². The maximum absolute atomic E-state index is 13.7. The van der Waals surface area contributed by atoms with Crippen LogP contribution in [0.3, 0.4) is 0 Å². The Morgan fingerprint density at radius 1 is 1.50 bits per heavy atom. The lowest BCUT2D eigenvalue weighted by Crippen LogP contribution is -2.24. The molecule has 2 aromatic rings. The molecule has 0 spiro atoms. The van der Waals surface area contributed by atoms with Gasteiger partial charge in [-0.2, -0.15) is 4.80 Å². The maximum atomic E-state index is 13.7. The van der Waals surface area contributed by atoms with Crippen LogP contribution in [0.15, 0.2) is 30.6 Å². The molecule has 1 aromatic carbocycles. The van der Waals surface area contributed by atoms with Gasteiger partial charge in [-0.3, -0.25) is 0 Å². The minimum absolute atomic E-state index is 0.174. The third-order valence-corrected chi connectivity index (χ3v) is 2.29. The highest BCUT2D eigenvalue weighted by Crippen LogP contribution is 2.19. The number of ether oxygens (including phenoxy) is 1. The van der Waals surface area contributed by atoms with Gasteiger partial charge < -0.3 is 10.5 Å². The molecule has 1 unspecified atom stereocenters. The largest absolute Gasteiger partial charge is 0.447 e. The number of nitrogens with two attached hydrogens (primary N) is 1. The van der Waals surface area contributed by atoms with Gasteiger partial charge in [0.1, 0.15) is 18.5 Å². The van der Waals surface area contributed by atoms with Crippen LogP contribution in [0.4, 0.5) is 9.18 Å². The number of hydrogen-bond acceptors (Lipinski definition) is 5. The molecule has 0 radical (unpaired) electrons. The van der Waals surface area contributed by atoms with E-state index in [9.17, 15) is 9.18 Å². The molecule has 2 N–H and O–H groups in total. The van der Waals surface area contributed by atoms with Crippen molar-refractivity contribution in [3.63, 3.8) is 0 Å². The van der Waals surface area contributed by atoms with Gasteiger partial charge in [0, 0.05) is 5.56 Å². The van der Waals surface area contributed by atoms with E-state index in [0.29, 0.717) is 0 Å². The summed E-state index contributed by atoms with van der Waals surface area (Å²) in [5, 5.41) is 11.0. The number of carbonyl (C=O) groups is 1. The molecule has 1 amide bonds. The van der Waals surface area contributed by atoms with Gasteiger partial charge in [0.15, 0.2) is 6.33 Å². The fraction of sp³-hybridized carbons (Fsp3) is 0.200. The van der Waals surface area contributed by atoms with Crippen LogP contribution in [-0.4, -0.2) is 32.9 Å². The molecule has 0 aliphatic carbocycles. The number of nitrogens with zero attached hydrogens (tertiary/aromatic N) is 4. The van der Waals surface area contributed by atoms with E-state index in [2.05, 4.69) is 20.1 Å². The predicted octanol–water partition coefficient (Wildman–Crippen LogP) is 0.497. The summed E-state index contributed by atoms with van der Waals surface area (Å²) in [6.45, 7) is -0.174. The Bertz CT molecular complexity index is 531. The first-order valence-corrected chi connectivity index (χ1v) is 5.07. The summed E-state index contributed by atoms with van der Waals surface area (Å²) in [5.41, 5.74) is 5.18. The first kappa shape index (κ1) is 12.0. The number of primary amides is 1. The molecule has 0 bridgehead atoms. The van der Waals surface area contributed by atoms with E-state index in [-0.39, 0.29) is 12.2 Å². The van der Waals surface area contributed by atoms with Crippen molar-refractivity contribution < 1.29 is 13.9 Å². The fourth-order valence-corrected chi connectivity index (χ4v) is 1.51. The lowest BCUT2D eigenvalue weighted by molar-refractivity contribution is 0.138. The molecule has 1 heterocycles. The first-order chi connectivity index (χ1) is 8.68. The van der Waals surface area contributed by atoms with Gasteiger partial charge in [0.25, 0.3) is 0 Å². The summed E-state index contributed by atoms with van der Waals surface area (Å²) in [4.78, 5) is 11.8. The fourth-order valence-electron chi connectivity index (χ4n) is 1.51. The van der Waals surface area contributed by atoms with Crippen LogP contribution >= 0.6 is 0 Å². The van der Waals surface area contributed by atoms with Crippen molar-refractivity contribution in [1.29, 1.82) is 0 Å². The van der Waals surface area contributed by atoms with Crippen LogP contribution in [0.5, 0.6) is 0 Å². The second-order valence-electron chi connectivity index (χ2n) is 3.42. The molecule has 0 aliphatic heterocycles. The number of aromatic nitrogens is 4. The van der Waals surface area contributed by atoms with Crippen molar-refractivity contribution in [2.45, 2.75) is 6.04 Å². The molecule has 0 saturated heterocycles. The molecule has 8 heteroatoms. The van der Waals surface area contributed by atoms with Gasteiger partial charge in [-0.25, -0.2) is 9.18 Å². The summed E-state index contributed by atoms with van der Waals surface area (Å²) >= 11 is 0. The van der Waals surface area contributed by atoms with E-state index in [4.69, 9.17) is 5.73 Å². The Morgan fingerprint density at radius 2 is 2.28 bits per heavy atom. The number of carbonyl (C=O) groups excluding carboxylic acids is 1. The Balaban J connectivity index is 2.30. The zero-order valence-corrected chi connectivity index (χ0v) is 9.23. The minimum atomic E-state index is -0.948. The topological polar surface area (TPSA) is 95.9 Å². The van der Waals surface area contributed by atoms with Gasteiger partial charge in [-0.05, 0) is 11.3 Å². The Hall–Kier alpha value is -2.51. The van der Waals surface area contributed by atoms with E-state index < -0.39 is 18.0 Å². The number of halogens is 1. The first-order valence-electron chi connectivity index (χ1n) is 5.07. The van der Waals surface area contributed by atoms with Crippen molar-refractivity contribution in [2.75, 3.05) is 6.61 Å². The molecular formula is C10H10FN5O2. The highest BCUT2D eigenvalue weighted by atomic mass is 19.1. The second-order valence-corrected chi connectivity index (χ2v) is 3.42. The van der Waals surface area contributed by atoms with Crippen molar-refractivity contribution in [1.82, 2.24) is 20.2 Å². The van der Waals surface area contributed by atoms with Crippen LogP contribution in [-0.2, 0) is 4.74 Å². The summed E-state index contributed by atoms with van der Waals surface area (Å²) in [6.07, 6.45) is 0.259. The van der Waals surface area contributed by atoms with Gasteiger partial charge in [0.2, 0.25) is 0 Å². The number of amides is 1. The molecule has 7 nitrogen and oxygen atoms in total. The summed E-state index contributed by atoms with van der Waals surface area (Å²) < 4.78 is 18.4. The highest BCUT2D eigenvalue weighted by Gasteiger charge is 2.20. The van der Waals surface area contributed by atoms with Crippen LogP contribution in [0.1, 0.15) is 11.6 Å². The average Bonchev–Trinajstić information content (AvgIpc) is 2.85. The second kappa shape index (κ2) is 5.21. The molecular weight excluding hydrogens is 241 g/mol. The third kappa shape index (κ3) is 2.59. The van der Waals surface area contributed by atoms with Crippen LogP contribution < -0.4 is 5.73 Å². The zero-order chi connectivity index (χ0) is 13.0. The smallest absolute Gasteiger partial charge is 0.404 e. The lowest BCUT2D eigenvalue weighted by atomic mass is 10.1. The molecule has 2 rings (SSSR count).